The number of hydrogen-bond acceptors (Lipinski definition) is 7. The number of anilines is 2. The predicted octanol–water partition coefficient (Wildman–Crippen LogP) is 6.86. The minimum Gasteiger partial charge on any atom is -0.482 e. The summed E-state index contributed by atoms with van der Waals surface area (Å²) in [4.78, 5) is 40.8. The molecule has 0 atom stereocenters. The largest absolute Gasteiger partial charge is 0.482 e. The summed E-state index contributed by atoms with van der Waals surface area (Å²) in [5, 5.41) is 16.5. The molecule has 9 nitrogen and oxygen atoms in total. The maximum absolute atomic E-state index is 15.4. The molecule has 1 aromatic heterocycles. The van der Waals surface area contributed by atoms with Crippen molar-refractivity contribution in [3.8, 4) is 11.8 Å². The Morgan fingerprint density at radius 1 is 0.961 bits per heavy atom. The highest BCUT2D eigenvalue weighted by Crippen LogP contribution is 2.40. The number of aromatic amines is 1. The predicted molar refractivity (Wildman–Crippen MR) is 181 cm³/mol. The molecule has 15 heteroatoms. The Bertz CT molecular complexity index is 2370. The third-order valence-electron chi connectivity index (χ3n) is 8.37. The van der Waals surface area contributed by atoms with Crippen LogP contribution in [0.1, 0.15) is 46.6 Å². The average Bonchev–Trinajstić information content (AvgIpc) is 3.27. The van der Waals surface area contributed by atoms with E-state index in [1.807, 2.05) is 0 Å². The molecule has 1 fully saturated rings. The second-order valence-electron chi connectivity index (χ2n) is 12.0. The van der Waals surface area contributed by atoms with Crippen molar-refractivity contribution in [3.05, 3.63) is 129 Å². The number of carbonyl (C=O) groups excluding carboxylic acids is 2. The second kappa shape index (κ2) is 13.0. The molecule has 0 bridgehead atoms. The Kier molecular flexibility index (Phi) is 8.90. The molecular weight excluding hydrogens is 693 g/mol. The molecule has 51 heavy (non-hydrogen) atoms. The van der Waals surface area contributed by atoms with Crippen LogP contribution in [0.3, 0.4) is 0 Å². The molecule has 1 aliphatic heterocycles. The van der Waals surface area contributed by atoms with Crippen LogP contribution in [0.15, 0.2) is 83.7 Å². The number of rotatable bonds is 8. The van der Waals surface area contributed by atoms with Crippen LogP contribution in [0.4, 0.5) is 33.3 Å². The SMILES string of the molecule is CC1(C)C(=O)N(c2ccc(C#N)c(C(F)(F)F)c2)C(=S)N1c1ccc(OCC(=O)c2cc(Cc3n[nH]c(=O)c4ccccc34)ccc2F)c(F)c1. The lowest BCUT2D eigenvalue weighted by molar-refractivity contribution is -0.137. The van der Waals surface area contributed by atoms with E-state index in [1.165, 1.54) is 49.1 Å². The molecule has 0 radical (unpaired) electrons. The number of Topliss-reactive ketones (excluding diaryl/α,β-unsaturated/α-hetero) is 1. The highest BCUT2D eigenvalue weighted by atomic mass is 32.1. The van der Waals surface area contributed by atoms with Crippen molar-refractivity contribution in [1.29, 1.82) is 5.26 Å². The fraction of sp³-hybridized carbons (Fsp3) is 0.167. The van der Waals surface area contributed by atoms with Gasteiger partial charge < -0.3 is 9.64 Å². The number of ketones is 1. The summed E-state index contributed by atoms with van der Waals surface area (Å²) in [7, 11) is 0. The van der Waals surface area contributed by atoms with Gasteiger partial charge in [0.1, 0.15) is 11.4 Å². The van der Waals surface area contributed by atoms with Crippen molar-refractivity contribution in [2.24, 2.45) is 0 Å². The summed E-state index contributed by atoms with van der Waals surface area (Å²) >= 11 is 5.49. The molecule has 0 unspecified atom stereocenters. The van der Waals surface area contributed by atoms with Crippen molar-refractivity contribution in [2.45, 2.75) is 32.0 Å². The highest BCUT2D eigenvalue weighted by molar-refractivity contribution is 7.81. The van der Waals surface area contributed by atoms with Gasteiger partial charge in [0.2, 0.25) is 5.78 Å². The summed E-state index contributed by atoms with van der Waals surface area (Å²) in [5.74, 6) is -3.66. The summed E-state index contributed by atoms with van der Waals surface area (Å²) in [5.41, 5.74) is -3.19. The molecule has 0 aliphatic carbocycles. The van der Waals surface area contributed by atoms with Crippen molar-refractivity contribution in [2.75, 3.05) is 16.4 Å². The van der Waals surface area contributed by atoms with Crippen LogP contribution in [0, 0.1) is 23.0 Å². The van der Waals surface area contributed by atoms with Crippen LogP contribution in [-0.2, 0) is 17.4 Å². The van der Waals surface area contributed by atoms with E-state index >= 15 is 4.39 Å². The van der Waals surface area contributed by atoms with Crippen LogP contribution in [0.2, 0.25) is 0 Å². The van der Waals surface area contributed by atoms with Gasteiger partial charge in [-0.1, -0.05) is 24.3 Å². The fourth-order valence-electron chi connectivity index (χ4n) is 5.82. The molecule has 4 aromatic carbocycles. The Hall–Kier alpha value is -6.01. The summed E-state index contributed by atoms with van der Waals surface area (Å²) in [6, 6.07) is 18.5. The Morgan fingerprint density at radius 3 is 2.35 bits per heavy atom. The van der Waals surface area contributed by atoms with E-state index in [0.29, 0.717) is 28.1 Å². The number of alkyl halides is 3. The van der Waals surface area contributed by atoms with Gasteiger partial charge in [-0.2, -0.15) is 23.5 Å². The molecule has 258 valence electrons. The number of aromatic nitrogens is 2. The highest BCUT2D eigenvalue weighted by Gasteiger charge is 2.51. The van der Waals surface area contributed by atoms with Crippen LogP contribution in [-0.4, -0.2) is 39.1 Å². The molecular formula is C36H24F5N5O4S. The Morgan fingerprint density at radius 2 is 1.67 bits per heavy atom. The van der Waals surface area contributed by atoms with Gasteiger partial charge in [-0.15, -0.1) is 0 Å². The zero-order valence-corrected chi connectivity index (χ0v) is 27.5. The first-order valence-electron chi connectivity index (χ1n) is 15.1. The first-order chi connectivity index (χ1) is 24.1. The number of carbonyl (C=O) groups is 2. The third kappa shape index (κ3) is 6.41. The van der Waals surface area contributed by atoms with E-state index in [1.54, 1.807) is 24.3 Å². The average molecular weight is 718 g/mol. The topological polar surface area (TPSA) is 119 Å². The smallest absolute Gasteiger partial charge is 0.417 e. The number of H-pyrrole nitrogens is 1. The minimum absolute atomic E-state index is 0.0591. The molecule has 0 saturated carbocycles. The molecule has 1 saturated heterocycles. The number of fused-ring (bicyclic) bond motifs is 1. The zero-order chi connectivity index (χ0) is 36.8. The molecule has 1 amide bonds. The van der Waals surface area contributed by atoms with E-state index in [0.717, 1.165) is 29.2 Å². The van der Waals surface area contributed by atoms with Gasteiger partial charge in [0, 0.05) is 23.6 Å². The maximum atomic E-state index is 15.4. The number of halogens is 5. The Labute approximate surface area is 291 Å². The molecule has 1 N–H and O–H groups in total. The molecule has 0 spiro atoms. The standard InChI is InChI=1S/C36H24F5N5O4S/c1-35(2)33(49)45(21-9-8-20(17-42)26(15-21)36(39,40)41)34(51)46(35)22-10-12-31(28(38)16-22)50-18-30(47)25-13-19(7-11-27(25)37)14-29-23-5-3-4-6-24(23)32(48)44-43-29/h3-13,15-16H,14,18H2,1-2H3,(H,44,48). The van der Waals surface area contributed by atoms with Gasteiger partial charge in [0.25, 0.3) is 11.5 Å². The lowest BCUT2D eigenvalue weighted by Crippen LogP contribution is -2.44. The molecule has 6 rings (SSSR count). The summed E-state index contributed by atoms with van der Waals surface area (Å²) in [6.07, 6.45) is -4.72. The van der Waals surface area contributed by atoms with Crippen molar-refractivity contribution in [3.63, 3.8) is 0 Å². The number of nitrogens with one attached hydrogen (secondary N) is 1. The van der Waals surface area contributed by atoms with Crippen LogP contribution < -0.4 is 20.1 Å². The number of ether oxygens (including phenoxy) is 1. The first-order valence-corrected chi connectivity index (χ1v) is 15.5. The number of nitrogens with zero attached hydrogens (tertiary/aromatic N) is 4. The van der Waals surface area contributed by atoms with E-state index in [2.05, 4.69) is 10.2 Å². The fourth-order valence-corrected chi connectivity index (χ4v) is 6.34. The molecule has 1 aliphatic rings. The lowest BCUT2D eigenvalue weighted by Gasteiger charge is -2.29. The van der Waals surface area contributed by atoms with Crippen molar-refractivity contribution >= 4 is 51.2 Å². The van der Waals surface area contributed by atoms with Crippen molar-refractivity contribution in [1.82, 2.24) is 10.2 Å². The van der Waals surface area contributed by atoms with Gasteiger partial charge in [-0.25, -0.2) is 13.9 Å². The number of hydrogen-bond donors (Lipinski definition) is 1. The Balaban J connectivity index is 1.20. The van der Waals surface area contributed by atoms with E-state index < -0.39 is 52.8 Å². The van der Waals surface area contributed by atoms with Gasteiger partial charge in [0.05, 0.1) is 39.5 Å². The van der Waals surface area contributed by atoms with Gasteiger partial charge >= 0.3 is 6.18 Å². The summed E-state index contributed by atoms with van der Waals surface area (Å²) < 4.78 is 76.5. The van der Waals surface area contributed by atoms with Crippen LogP contribution >= 0.6 is 12.2 Å². The molecule has 5 aromatic rings. The van der Waals surface area contributed by atoms with Crippen molar-refractivity contribution < 1.29 is 36.3 Å². The van der Waals surface area contributed by atoms with E-state index in [4.69, 9.17) is 22.2 Å². The third-order valence-corrected chi connectivity index (χ3v) is 8.73. The second-order valence-corrected chi connectivity index (χ2v) is 12.4. The maximum Gasteiger partial charge on any atom is 0.417 e. The first kappa shape index (κ1) is 34.8. The number of benzene rings is 4. The monoisotopic (exact) mass is 717 g/mol. The number of nitriles is 1. The lowest BCUT2D eigenvalue weighted by atomic mass is 10.0. The summed E-state index contributed by atoms with van der Waals surface area (Å²) in [6.45, 7) is 2.17. The number of amides is 1. The van der Waals surface area contributed by atoms with E-state index in [9.17, 15) is 31.9 Å². The molecule has 2 heterocycles. The number of thiocarbonyl (C=S) groups is 1. The quantitative estimate of drug-likeness (QED) is 0.105. The van der Waals surface area contributed by atoms with Gasteiger partial charge in [-0.05, 0) is 80.2 Å². The normalized spacial score (nSPS) is 14.2. The van der Waals surface area contributed by atoms with E-state index in [-0.39, 0.29) is 39.8 Å². The van der Waals surface area contributed by atoms with Gasteiger partial charge in [-0.3, -0.25) is 19.3 Å². The zero-order valence-electron chi connectivity index (χ0n) is 26.6. The van der Waals surface area contributed by atoms with Crippen LogP contribution in [0.5, 0.6) is 5.75 Å². The minimum atomic E-state index is -4.88. The van der Waals surface area contributed by atoms with Crippen LogP contribution in [0.25, 0.3) is 10.8 Å². The van der Waals surface area contributed by atoms with Gasteiger partial charge in [0.15, 0.2) is 23.3 Å².